The number of hydrogen-bond donors (Lipinski definition) is 1. The smallest absolute Gasteiger partial charge is 0.335 e. The van der Waals surface area contributed by atoms with Gasteiger partial charge in [-0.1, -0.05) is 0 Å². The van der Waals surface area contributed by atoms with E-state index in [0.717, 1.165) is 15.9 Å². The summed E-state index contributed by atoms with van der Waals surface area (Å²) in [7, 11) is 0. The predicted octanol–water partition coefficient (Wildman–Crippen LogP) is 3.34. The van der Waals surface area contributed by atoms with E-state index < -0.39 is 5.97 Å². The van der Waals surface area contributed by atoms with Gasteiger partial charge in [0, 0.05) is 16.9 Å². The van der Waals surface area contributed by atoms with Crippen LogP contribution in [0.15, 0.2) is 34.3 Å². The molecule has 5 nitrogen and oxygen atoms in total. The summed E-state index contributed by atoms with van der Waals surface area (Å²) in [5.41, 5.74) is 0.307. The van der Waals surface area contributed by atoms with Crippen LogP contribution in [0, 0.1) is 0 Å². The average Bonchev–Trinajstić information content (AvgIpc) is 3.39. The molecule has 1 aromatic carbocycles. The van der Waals surface area contributed by atoms with Crippen molar-refractivity contribution in [3.8, 4) is 0 Å². The summed E-state index contributed by atoms with van der Waals surface area (Å²) in [6.45, 7) is 0. The first-order valence-electron chi connectivity index (χ1n) is 7.18. The third kappa shape index (κ3) is 2.55. The van der Waals surface area contributed by atoms with E-state index in [-0.39, 0.29) is 0 Å². The van der Waals surface area contributed by atoms with Crippen LogP contribution in [0.4, 0.5) is 0 Å². The molecule has 108 valence electrons. The molecule has 1 N–H and O–H groups in total. The van der Waals surface area contributed by atoms with Crippen LogP contribution < -0.4 is 0 Å². The van der Waals surface area contributed by atoms with E-state index in [4.69, 9.17) is 5.11 Å². The van der Waals surface area contributed by atoms with Gasteiger partial charge in [-0.05, 0) is 61.7 Å². The second kappa shape index (κ2) is 4.87. The fourth-order valence-corrected chi connectivity index (χ4v) is 3.33. The Morgan fingerprint density at radius 3 is 2.43 bits per heavy atom. The molecule has 6 heteroatoms. The molecule has 2 fully saturated rings. The highest BCUT2D eigenvalue weighted by Gasteiger charge is 2.36. The molecule has 0 radical (unpaired) electrons. The molecule has 0 bridgehead atoms. The lowest BCUT2D eigenvalue weighted by molar-refractivity contribution is 0.0697. The summed E-state index contributed by atoms with van der Waals surface area (Å²) in [6, 6.07) is 7.49. The number of aromatic carboxylic acids is 1. The fraction of sp³-hybridized carbons (Fsp3) is 0.400. The monoisotopic (exact) mass is 301 g/mol. The number of nitrogens with zero attached hydrogens (tertiary/aromatic N) is 3. The van der Waals surface area contributed by atoms with Gasteiger partial charge in [0.05, 0.1) is 5.56 Å². The van der Waals surface area contributed by atoms with E-state index in [1.165, 1.54) is 25.7 Å². The summed E-state index contributed by atoms with van der Waals surface area (Å²) in [5.74, 6) is 0.840. The third-order valence-electron chi connectivity index (χ3n) is 3.86. The van der Waals surface area contributed by atoms with Gasteiger partial charge in [0.2, 0.25) is 0 Å². The van der Waals surface area contributed by atoms with Crippen molar-refractivity contribution in [2.45, 2.75) is 47.7 Å². The first-order chi connectivity index (χ1) is 10.2. The normalized spacial score (nSPS) is 17.9. The lowest BCUT2D eigenvalue weighted by Crippen LogP contribution is -2.01. The minimum atomic E-state index is -0.899. The zero-order chi connectivity index (χ0) is 14.4. The molecule has 0 aliphatic heterocycles. The standard InChI is InChI=1S/C15H15N3O2S/c19-14(20)10-3-7-12(8-4-10)21-15-17-16-13(9-1-2-9)18(15)11-5-6-11/h3-4,7-9,11H,1-2,5-6H2,(H,19,20). The van der Waals surface area contributed by atoms with Crippen molar-refractivity contribution in [2.24, 2.45) is 0 Å². The van der Waals surface area contributed by atoms with Gasteiger partial charge in [-0.15, -0.1) is 10.2 Å². The van der Waals surface area contributed by atoms with Gasteiger partial charge in [-0.25, -0.2) is 4.79 Å². The Labute approximate surface area is 126 Å². The number of aromatic nitrogens is 3. The van der Waals surface area contributed by atoms with Crippen molar-refractivity contribution in [3.63, 3.8) is 0 Å². The van der Waals surface area contributed by atoms with Crippen LogP contribution >= 0.6 is 11.8 Å². The third-order valence-corrected chi connectivity index (χ3v) is 4.82. The Morgan fingerprint density at radius 1 is 1.14 bits per heavy atom. The van der Waals surface area contributed by atoms with Crippen molar-refractivity contribution < 1.29 is 9.90 Å². The number of carbonyl (C=O) groups is 1. The zero-order valence-corrected chi connectivity index (χ0v) is 12.2. The highest BCUT2D eigenvalue weighted by molar-refractivity contribution is 7.99. The number of hydrogen-bond acceptors (Lipinski definition) is 4. The summed E-state index contributed by atoms with van der Waals surface area (Å²) in [4.78, 5) is 11.9. The quantitative estimate of drug-likeness (QED) is 0.917. The number of carboxylic acids is 1. The summed E-state index contributed by atoms with van der Waals surface area (Å²) in [5, 5.41) is 18.6. The highest BCUT2D eigenvalue weighted by atomic mass is 32.2. The molecular formula is C15H15N3O2S. The van der Waals surface area contributed by atoms with Crippen molar-refractivity contribution in [3.05, 3.63) is 35.7 Å². The zero-order valence-electron chi connectivity index (χ0n) is 11.4. The molecule has 0 spiro atoms. The second-order valence-corrected chi connectivity index (χ2v) is 6.69. The van der Waals surface area contributed by atoms with E-state index in [0.29, 0.717) is 17.5 Å². The summed E-state index contributed by atoms with van der Waals surface area (Å²) >= 11 is 1.57. The molecule has 21 heavy (non-hydrogen) atoms. The van der Waals surface area contributed by atoms with E-state index in [1.54, 1.807) is 23.9 Å². The molecule has 2 aliphatic carbocycles. The van der Waals surface area contributed by atoms with Crippen LogP contribution in [-0.4, -0.2) is 25.8 Å². The largest absolute Gasteiger partial charge is 0.478 e. The highest BCUT2D eigenvalue weighted by Crippen LogP contribution is 2.46. The number of rotatable bonds is 5. The van der Waals surface area contributed by atoms with Crippen LogP contribution in [0.3, 0.4) is 0 Å². The lowest BCUT2D eigenvalue weighted by atomic mass is 10.2. The Morgan fingerprint density at radius 2 is 1.86 bits per heavy atom. The topological polar surface area (TPSA) is 68.0 Å². The maximum Gasteiger partial charge on any atom is 0.335 e. The second-order valence-electron chi connectivity index (χ2n) is 5.65. The average molecular weight is 301 g/mol. The van der Waals surface area contributed by atoms with E-state index in [2.05, 4.69) is 14.8 Å². The molecule has 1 aromatic heterocycles. The van der Waals surface area contributed by atoms with Crippen LogP contribution in [0.1, 0.15) is 53.8 Å². The van der Waals surface area contributed by atoms with Gasteiger partial charge >= 0.3 is 5.97 Å². The molecular weight excluding hydrogens is 286 g/mol. The van der Waals surface area contributed by atoms with Crippen LogP contribution in [0.5, 0.6) is 0 Å². The van der Waals surface area contributed by atoms with Gasteiger partial charge in [0.1, 0.15) is 5.82 Å². The van der Waals surface area contributed by atoms with Crippen LogP contribution in [-0.2, 0) is 0 Å². The first kappa shape index (κ1) is 12.9. The SMILES string of the molecule is O=C(O)c1ccc(Sc2nnc(C3CC3)n2C2CC2)cc1. The molecule has 4 rings (SSSR count). The molecule has 2 aliphatic rings. The minimum Gasteiger partial charge on any atom is -0.478 e. The van der Waals surface area contributed by atoms with Crippen molar-refractivity contribution in [1.82, 2.24) is 14.8 Å². The van der Waals surface area contributed by atoms with Crippen LogP contribution in [0.25, 0.3) is 0 Å². The predicted molar refractivity (Wildman–Crippen MR) is 77.8 cm³/mol. The minimum absolute atomic E-state index is 0.307. The molecule has 0 atom stereocenters. The Bertz CT molecular complexity index is 687. The van der Waals surface area contributed by atoms with Crippen molar-refractivity contribution in [2.75, 3.05) is 0 Å². The van der Waals surface area contributed by atoms with Crippen molar-refractivity contribution in [1.29, 1.82) is 0 Å². The summed E-state index contributed by atoms with van der Waals surface area (Å²) in [6.07, 6.45) is 4.87. The first-order valence-corrected chi connectivity index (χ1v) is 8.00. The Balaban J connectivity index is 1.60. The molecule has 0 saturated heterocycles. The van der Waals surface area contributed by atoms with Gasteiger partial charge < -0.3 is 9.67 Å². The number of carboxylic acid groups (broad SMARTS) is 1. The van der Waals surface area contributed by atoms with Gasteiger partial charge in [0.15, 0.2) is 5.16 Å². The number of benzene rings is 1. The molecule has 2 aromatic rings. The molecule has 0 amide bonds. The van der Waals surface area contributed by atoms with Crippen molar-refractivity contribution >= 4 is 17.7 Å². The Hall–Kier alpha value is -1.82. The lowest BCUT2D eigenvalue weighted by Gasteiger charge is -2.08. The maximum atomic E-state index is 10.9. The van der Waals surface area contributed by atoms with Gasteiger partial charge in [0.25, 0.3) is 0 Å². The van der Waals surface area contributed by atoms with Gasteiger partial charge in [-0.3, -0.25) is 0 Å². The maximum absolute atomic E-state index is 10.9. The molecule has 0 unspecified atom stereocenters. The van der Waals surface area contributed by atoms with Gasteiger partial charge in [-0.2, -0.15) is 0 Å². The van der Waals surface area contributed by atoms with Crippen LogP contribution in [0.2, 0.25) is 0 Å². The van der Waals surface area contributed by atoms with E-state index in [1.807, 2.05) is 12.1 Å². The summed E-state index contributed by atoms with van der Waals surface area (Å²) < 4.78 is 2.30. The van der Waals surface area contributed by atoms with E-state index >= 15 is 0 Å². The fourth-order valence-electron chi connectivity index (χ4n) is 2.42. The molecule has 2 saturated carbocycles. The Kier molecular flexibility index (Phi) is 2.99. The van der Waals surface area contributed by atoms with E-state index in [9.17, 15) is 4.79 Å². The molecule has 1 heterocycles.